The second kappa shape index (κ2) is 5.50. The van der Waals surface area contributed by atoms with Gasteiger partial charge < -0.3 is 4.74 Å². The van der Waals surface area contributed by atoms with Crippen molar-refractivity contribution >= 4 is 5.97 Å². The number of carbonyl (C=O) groups is 1. The van der Waals surface area contributed by atoms with Gasteiger partial charge in [-0.1, -0.05) is 43.8 Å². The molecule has 0 unspecified atom stereocenters. The van der Waals surface area contributed by atoms with Gasteiger partial charge >= 0.3 is 5.97 Å². The maximum atomic E-state index is 11.0. The first-order valence-corrected chi connectivity index (χ1v) is 5.40. The van der Waals surface area contributed by atoms with E-state index in [1.54, 1.807) is 0 Å². The molecule has 1 rings (SSSR count). The van der Waals surface area contributed by atoms with Gasteiger partial charge in [-0.05, 0) is 18.1 Å². The van der Waals surface area contributed by atoms with Crippen LogP contribution in [-0.4, -0.2) is 12.1 Å². The van der Waals surface area contributed by atoms with Crippen molar-refractivity contribution in [1.82, 2.24) is 0 Å². The highest BCUT2D eigenvalue weighted by atomic mass is 16.5. The molecule has 16 heavy (non-hydrogen) atoms. The predicted molar refractivity (Wildman–Crippen MR) is 65.2 cm³/mol. The highest BCUT2D eigenvalue weighted by Gasteiger charge is 2.22. The molecule has 0 heterocycles. The molecule has 0 aliphatic carbocycles. The number of benzene rings is 1. The Morgan fingerprint density at radius 2 is 1.81 bits per heavy atom. The molecule has 2 heteroatoms. The van der Waals surface area contributed by atoms with E-state index in [9.17, 15) is 4.79 Å². The number of carbonyl (C=O) groups excluding carboxylic acids is 1. The molecule has 0 aromatic heterocycles. The molecule has 0 fully saturated rings. The van der Waals surface area contributed by atoms with Gasteiger partial charge in [0.15, 0.2) is 0 Å². The van der Waals surface area contributed by atoms with E-state index in [-0.39, 0.29) is 18.0 Å². The topological polar surface area (TPSA) is 26.3 Å². The number of hydrogen-bond donors (Lipinski definition) is 0. The fourth-order valence-corrected chi connectivity index (χ4v) is 1.74. The van der Waals surface area contributed by atoms with Crippen LogP contribution in [0.25, 0.3) is 0 Å². The van der Waals surface area contributed by atoms with E-state index < -0.39 is 0 Å². The van der Waals surface area contributed by atoms with Crippen molar-refractivity contribution in [3.63, 3.8) is 0 Å². The minimum atomic E-state index is -0.268. The van der Waals surface area contributed by atoms with Crippen LogP contribution in [0.4, 0.5) is 0 Å². The van der Waals surface area contributed by atoms with Crippen molar-refractivity contribution in [3.05, 3.63) is 48.0 Å². The average molecular weight is 218 g/mol. The molecule has 0 bridgehead atoms. The molecule has 0 saturated carbocycles. The van der Waals surface area contributed by atoms with Crippen LogP contribution in [0.15, 0.2) is 42.5 Å². The van der Waals surface area contributed by atoms with Crippen LogP contribution in [0.2, 0.25) is 0 Å². The van der Waals surface area contributed by atoms with Crippen molar-refractivity contribution in [2.75, 3.05) is 0 Å². The summed E-state index contributed by atoms with van der Waals surface area (Å²) in [6.45, 7) is 9.22. The smallest absolute Gasteiger partial charge is 0.303 e. The minimum Gasteiger partial charge on any atom is -0.457 e. The van der Waals surface area contributed by atoms with Crippen molar-refractivity contribution < 1.29 is 9.53 Å². The normalized spacial score (nSPS) is 13.9. The zero-order chi connectivity index (χ0) is 12.1. The zero-order valence-electron chi connectivity index (χ0n) is 10.1. The largest absolute Gasteiger partial charge is 0.457 e. The van der Waals surface area contributed by atoms with Crippen LogP contribution in [-0.2, 0) is 9.53 Å². The van der Waals surface area contributed by atoms with Gasteiger partial charge in [-0.2, -0.15) is 0 Å². The molecule has 1 aromatic carbocycles. The lowest BCUT2D eigenvalue weighted by atomic mass is 9.92. The summed E-state index contributed by atoms with van der Waals surface area (Å²) in [6.07, 6.45) is -0.250. The molecule has 0 aliphatic heterocycles. The molecule has 0 aliphatic rings. The molecular formula is C14H18O2. The summed E-state index contributed by atoms with van der Waals surface area (Å²) in [5, 5.41) is 0. The Kier molecular flexibility index (Phi) is 4.29. The maximum Gasteiger partial charge on any atom is 0.303 e. The van der Waals surface area contributed by atoms with Crippen LogP contribution >= 0.6 is 0 Å². The Morgan fingerprint density at radius 3 is 2.25 bits per heavy atom. The third-order valence-electron chi connectivity index (χ3n) is 2.56. The van der Waals surface area contributed by atoms with Gasteiger partial charge in [0.2, 0.25) is 0 Å². The summed E-state index contributed by atoms with van der Waals surface area (Å²) >= 11 is 0. The molecule has 0 spiro atoms. The molecule has 0 N–H and O–H groups in total. The average Bonchev–Trinajstić information content (AvgIpc) is 2.25. The summed E-state index contributed by atoms with van der Waals surface area (Å²) in [5.74, 6) is -0.140. The van der Waals surface area contributed by atoms with Crippen LogP contribution in [0.5, 0.6) is 0 Å². The van der Waals surface area contributed by atoms with Gasteiger partial charge in [-0.15, -0.1) is 0 Å². The van der Waals surface area contributed by atoms with E-state index in [1.165, 1.54) is 6.92 Å². The molecule has 0 radical (unpaired) electrons. The monoisotopic (exact) mass is 218 g/mol. The zero-order valence-corrected chi connectivity index (χ0v) is 10.1. The quantitative estimate of drug-likeness (QED) is 0.572. The van der Waals surface area contributed by atoms with E-state index in [1.807, 2.05) is 44.2 Å². The molecule has 0 saturated heterocycles. The van der Waals surface area contributed by atoms with Crippen molar-refractivity contribution in [2.24, 2.45) is 0 Å². The lowest BCUT2D eigenvalue weighted by Gasteiger charge is -2.24. The first kappa shape index (κ1) is 12.5. The Balaban J connectivity index is 2.87. The lowest BCUT2D eigenvalue weighted by molar-refractivity contribution is -0.145. The van der Waals surface area contributed by atoms with E-state index in [0.29, 0.717) is 0 Å². The van der Waals surface area contributed by atoms with Gasteiger partial charge in [0.1, 0.15) is 6.10 Å². The number of ether oxygens (including phenoxy) is 1. The second-order valence-corrected chi connectivity index (χ2v) is 4.08. The highest BCUT2D eigenvalue weighted by Crippen LogP contribution is 2.25. The van der Waals surface area contributed by atoms with Crippen molar-refractivity contribution in [3.8, 4) is 0 Å². The third kappa shape index (κ3) is 3.23. The number of hydrogen-bond acceptors (Lipinski definition) is 2. The standard InChI is InChI=1S/C14H18O2/c1-10(2)14(16-12(4)15)11(3)13-8-6-5-7-9-13/h5-9,11,14H,1H2,2-4H3/t11-,14-/m0/s1. The predicted octanol–water partition coefficient (Wildman–Crippen LogP) is 3.30. The number of rotatable bonds is 4. The summed E-state index contributed by atoms with van der Waals surface area (Å²) < 4.78 is 5.29. The molecule has 2 atom stereocenters. The molecule has 0 amide bonds. The first-order chi connectivity index (χ1) is 7.52. The van der Waals surface area contributed by atoms with E-state index in [4.69, 9.17) is 4.74 Å². The molecule has 2 nitrogen and oxygen atoms in total. The van der Waals surface area contributed by atoms with Gasteiger partial charge in [-0.25, -0.2) is 0 Å². The third-order valence-corrected chi connectivity index (χ3v) is 2.56. The lowest BCUT2D eigenvalue weighted by Crippen LogP contribution is -2.23. The Labute approximate surface area is 96.9 Å². The van der Waals surface area contributed by atoms with Gasteiger partial charge in [0.05, 0.1) is 0 Å². The fraction of sp³-hybridized carbons (Fsp3) is 0.357. The van der Waals surface area contributed by atoms with Crippen LogP contribution in [0.3, 0.4) is 0 Å². The van der Waals surface area contributed by atoms with E-state index in [2.05, 4.69) is 6.58 Å². The number of esters is 1. The van der Waals surface area contributed by atoms with Crippen molar-refractivity contribution in [1.29, 1.82) is 0 Å². The molecular weight excluding hydrogens is 200 g/mol. The summed E-state index contributed by atoms with van der Waals surface area (Å²) in [6, 6.07) is 10.00. The van der Waals surface area contributed by atoms with E-state index >= 15 is 0 Å². The molecule has 86 valence electrons. The SMILES string of the molecule is C=C(C)[C@H](OC(C)=O)[C@@H](C)c1ccccc1. The highest BCUT2D eigenvalue weighted by molar-refractivity contribution is 5.66. The molecule has 1 aromatic rings. The first-order valence-electron chi connectivity index (χ1n) is 5.40. The minimum absolute atomic E-state index is 0.127. The summed E-state index contributed by atoms with van der Waals surface area (Å²) in [4.78, 5) is 11.0. The Hall–Kier alpha value is -1.57. The Bertz CT molecular complexity index is 368. The second-order valence-electron chi connectivity index (χ2n) is 4.08. The van der Waals surface area contributed by atoms with Gasteiger partial charge in [-0.3, -0.25) is 4.79 Å². The van der Waals surface area contributed by atoms with Gasteiger partial charge in [0, 0.05) is 12.8 Å². The van der Waals surface area contributed by atoms with Crippen LogP contribution in [0.1, 0.15) is 32.3 Å². The van der Waals surface area contributed by atoms with Crippen LogP contribution < -0.4 is 0 Å². The fourth-order valence-electron chi connectivity index (χ4n) is 1.74. The Morgan fingerprint density at radius 1 is 1.25 bits per heavy atom. The summed E-state index contributed by atoms with van der Waals surface area (Å²) in [7, 11) is 0. The maximum absolute atomic E-state index is 11.0. The summed E-state index contributed by atoms with van der Waals surface area (Å²) in [5.41, 5.74) is 2.02. The van der Waals surface area contributed by atoms with Crippen molar-refractivity contribution in [2.45, 2.75) is 32.8 Å². The van der Waals surface area contributed by atoms with Gasteiger partial charge in [0.25, 0.3) is 0 Å². The van der Waals surface area contributed by atoms with E-state index in [0.717, 1.165) is 11.1 Å². The van der Waals surface area contributed by atoms with Crippen LogP contribution in [0, 0.1) is 0 Å².